The summed E-state index contributed by atoms with van der Waals surface area (Å²) in [5, 5.41) is 6.40. The van der Waals surface area contributed by atoms with Gasteiger partial charge in [-0.25, -0.2) is 4.98 Å². The number of anilines is 2. The van der Waals surface area contributed by atoms with Crippen molar-refractivity contribution in [2.75, 3.05) is 5.32 Å². The Hall–Kier alpha value is -6.52. The molecule has 1 N–H and O–H groups in total. The maximum Gasteiger partial charge on any atom is 0.139 e. The molecule has 0 bridgehead atoms. The molecule has 0 aliphatic carbocycles. The second-order valence-corrected chi connectivity index (χ2v) is 24.1. The average Bonchev–Trinajstić information content (AvgIpc) is 3.77. The number of hydrogen-bond acceptors (Lipinski definition) is 3. The van der Waals surface area contributed by atoms with E-state index in [4.69, 9.17) is 9.72 Å². The number of hydrogen-bond donors (Lipinski definition) is 1. The number of pyridine rings is 1. The van der Waals surface area contributed by atoms with E-state index in [9.17, 15) is 0 Å². The van der Waals surface area contributed by atoms with Crippen molar-refractivity contribution in [1.82, 2.24) is 9.55 Å². The van der Waals surface area contributed by atoms with Crippen molar-refractivity contribution in [3.63, 3.8) is 0 Å². The molecule has 2 aromatic heterocycles. The number of benzene rings is 7. The van der Waals surface area contributed by atoms with E-state index in [1.807, 2.05) is 6.20 Å². The smallest absolute Gasteiger partial charge is 0.139 e. The number of para-hydroxylation sites is 2. The van der Waals surface area contributed by atoms with Crippen LogP contribution in [0.15, 0.2) is 121 Å². The lowest BCUT2D eigenvalue weighted by Gasteiger charge is -2.34. The second kappa shape index (κ2) is 20.5. The molecule has 0 aliphatic rings. The molecule has 0 saturated carbocycles. The van der Waals surface area contributed by atoms with Gasteiger partial charge in [0.1, 0.15) is 95.8 Å². The molecule has 0 spiro atoms. The van der Waals surface area contributed by atoms with Crippen LogP contribution in [0, 0.1) is 13.8 Å². The fourth-order valence-corrected chi connectivity index (χ4v) is 12.1. The van der Waals surface area contributed by atoms with Crippen molar-refractivity contribution < 1.29 is 4.74 Å². The Morgan fingerprint density at radius 3 is 1.63 bits per heavy atom. The van der Waals surface area contributed by atoms with Crippen LogP contribution in [0.3, 0.4) is 0 Å². The molecule has 7 aromatic carbocycles. The van der Waals surface area contributed by atoms with E-state index < -0.39 is 0 Å². The van der Waals surface area contributed by atoms with Crippen molar-refractivity contribution >= 4 is 166 Å². The van der Waals surface area contributed by atoms with E-state index >= 15 is 0 Å². The minimum absolute atomic E-state index is 0.0246. The van der Waals surface area contributed by atoms with Crippen LogP contribution in [0.4, 0.5) is 11.4 Å². The molecule has 1 atom stereocenters. The zero-order valence-corrected chi connectivity index (χ0v) is 49.3. The first kappa shape index (κ1) is 54.3. The highest BCUT2D eigenvalue weighted by molar-refractivity contribution is 6.70. The normalized spacial score (nSPS) is 12.6. The molecule has 4 nitrogen and oxygen atoms in total. The van der Waals surface area contributed by atoms with Crippen LogP contribution in [-0.4, -0.2) is 88.0 Å². The predicted octanol–water partition coefficient (Wildman–Crippen LogP) is -0.0575. The number of aryl methyl sites for hydroxylation is 2. The van der Waals surface area contributed by atoms with Gasteiger partial charge in [-0.3, -0.25) is 4.57 Å². The Morgan fingerprint density at radius 2 is 1.07 bits per heavy atom. The highest BCUT2D eigenvalue weighted by Crippen LogP contribution is 2.48. The Bertz CT molecular complexity index is 3710. The van der Waals surface area contributed by atoms with Crippen molar-refractivity contribution in [3.8, 4) is 39.6 Å². The van der Waals surface area contributed by atoms with Gasteiger partial charge in [-0.1, -0.05) is 118 Å². The summed E-state index contributed by atoms with van der Waals surface area (Å²) in [6.07, 6.45) is 4.27. The molecule has 76 heavy (non-hydrogen) atoms. The molecular weight excluding hydrogens is 911 g/mol. The largest absolute Gasteiger partial charge is 0.457 e. The van der Waals surface area contributed by atoms with Crippen LogP contribution >= 0.6 is 0 Å². The molecule has 9 rings (SSSR count). The van der Waals surface area contributed by atoms with Crippen LogP contribution in [0.2, 0.25) is 0 Å². The summed E-state index contributed by atoms with van der Waals surface area (Å²) in [5.74, 6) is 2.33. The number of allylic oxidation sites excluding steroid dienone is 2. The van der Waals surface area contributed by atoms with E-state index in [-0.39, 0.29) is 16.7 Å². The first-order valence-electron chi connectivity index (χ1n) is 27.4. The van der Waals surface area contributed by atoms with Gasteiger partial charge in [0.05, 0.1) is 11.0 Å². The van der Waals surface area contributed by atoms with Crippen molar-refractivity contribution in [3.05, 3.63) is 154 Å². The van der Waals surface area contributed by atoms with Gasteiger partial charge >= 0.3 is 0 Å². The number of ether oxygens (including phenoxy) is 1. The molecule has 0 amide bonds. The number of fused-ring (bicyclic) bond motifs is 3. The van der Waals surface area contributed by atoms with Gasteiger partial charge in [0.25, 0.3) is 0 Å². The quantitative estimate of drug-likeness (QED) is 0.155. The summed E-state index contributed by atoms with van der Waals surface area (Å²) < 4.78 is 9.32. The summed E-state index contributed by atoms with van der Waals surface area (Å²) in [5.41, 5.74) is 31.9. The molecule has 0 saturated heterocycles. The van der Waals surface area contributed by atoms with Gasteiger partial charge < -0.3 is 10.1 Å². The Morgan fingerprint density at radius 1 is 0.539 bits per heavy atom. The molecule has 9 aromatic rings. The lowest BCUT2D eigenvalue weighted by Crippen LogP contribution is -2.55. The van der Waals surface area contributed by atoms with E-state index in [0.717, 1.165) is 45.1 Å². The topological polar surface area (TPSA) is 39.1 Å². The first-order chi connectivity index (χ1) is 35.8. The SMILES string of the molecule is Bc1c(B)c(B)c(-c2c(C)cc(C)c(-c3c(B)c(B)c(B)c(B)c3B)c2C(/C(C)=C\C)c2ccccc2Nc2cc(Oc3ccc4c5ccccc5n(-c5cc(C(C)(C)C)ccn5)c4c3)cc(C(C)(C)C)c2)c(B)c1B. The average molecular weight is 982 g/mol. The molecule has 0 aliphatic heterocycles. The van der Waals surface area contributed by atoms with Gasteiger partial charge in [0.2, 0.25) is 0 Å². The molecule has 14 heteroatoms. The van der Waals surface area contributed by atoms with Crippen LogP contribution in [0.1, 0.15) is 94.7 Å². The molecule has 0 fully saturated rings. The standard InChI is InChI=1S/C62H71B10N3O/c1-11-30(2)45(48-46(49-51(63)55(67)59(71)56(68)52(49)64)31(3)24-32(4)47(48)50-53(65)57(69)60(72)58(70)54(50)66)40-17-12-14-18-41(40)74-35-25-34(62(8,9)10)26-37(28-35)76-36-20-21-39-38-16-13-15-19-42(38)75(43(39)29-36)44-27-33(22-23-73-44)61(5,6)7/h11-29,45,74H,63-72H2,1-10H3/b30-11-. The van der Waals surface area contributed by atoms with Crippen LogP contribution in [0.5, 0.6) is 11.5 Å². The molecule has 1 unspecified atom stereocenters. The van der Waals surface area contributed by atoms with Gasteiger partial charge in [0, 0.05) is 46.4 Å². The summed E-state index contributed by atoms with van der Waals surface area (Å²) in [7, 11) is 23.2. The third-order valence-corrected chi connectivity index (χ3v) is 17.5. The zero-order chi connectivity index (χ0) is 55.0. The fraction of sp³-hybridized carbons (Fsp3) is 0.210. The summed E-state index contributed by atoms with van der Waals surface area (Å²) in [6, 6.07) is 37.6. The molecule has 370 valence electrons. The van der Waals surface area contributed by atoms with Crippen molar-refractivity contribution in [2.24, 2.45) is 0 Å². The number of nitrogens with zero attached hydrogens (tertiary/aromatic N) is 2. The van der Waals surface area contributed by atoms with E-state index in [1.54, 1.807) is 0 Å². The predicted molar refractivity (Wildman–Crippen MR) is 362 cm³/mol. The third kappa shape index (κ3) is 9.58. The Kier molecular flexibility index (Phi) is 14.6. The number of aromatic nitrogens is 2. The van der Waals surface area contributed by atoms with Crippen LogP contribution in [0.25, 0.3) is 49.9 Å². The van der Waals surface area contributed by atoms with Gasteiger partial charge in [-0.15, -0.1) is 32.8 Å². The minimum atomic E-state index is -0.164. The summed E-state index contributed by atoms with van der Waals surface area (Å²) >= 11 is 0. The Labute approximate surface area is 463 Å². The number of nitrogens with one attached hydrogen (secondary N) is 1. The van der Waals surface area contributed by atoms with Crippen molar-refractivity contribution in [1.29, 1.82) is 0 Å². The zero-order valence-electron chi connectivity index (χ0n) is 49.3. The second-order valence-electron chi connectivity index (χ2n) is 24.1. The minimum Gasteiger partial charge on any atom is -0.457 e. The maximum absolute atomic E-state index is 7.04. The maximum atomic E-state index is 7.04. The van der Waals surface area contributed by atoms with Gasteiger partial charge in [-0.2, -0.15) is 0 Å². The molecular formula is C62H71B10N3O. The molecule has 0 radical (unpaired) electrons. The van der Waals surface area contributed by atoms with E-state index in [0.29, 0.717) is 0 Å². The van der Waals surface area contributed by atoms with Gasteiger partial charge in [0.15, 0.2) is 0 Å². The summed E-state index contributed by atoms with van der Waals surface area (Å²) in [6.45, 7) is 22.8. The first-order valence-corrected chi connectivity index (χ1v) is 27.4. The van der Waals surface area contributed by atoms with Crippen LogP contribution in [-0.2, 0) is 10.8 Å². The summed E-state index contributed by atoms with van der Waals surface area (Å²) in [4.78, 5) is 4.95. The van der Waals surface area contributed by atoms with Gasteiger partial charge in [-0.05, 0) is 143 Å². The lowest BCUT2D eigenvalue weighted by molar-refractivity contribution is 0.479. The number of rotatable bonds is 10. The highest BCUT2D eigenvalue weighted by Gasteiger charge is 2.32. The third-order valence-electron chi connectivity index (χ3n) is 17.5. The Balaban J connectivity index is 1.24. The molecule has 2 heterocycles. The highest BCUT2D eigenvalue weighted by atomic mass is 16.5. The lowest BCUT2D eigenvalue weighted by atomic mass is 9.57. The van der Waals surface area contributed by atoms with E-state index in [1.165, 1.54) is 121 Å². The van der Waals surface area contributed by atoms with E-state index in [2.05, 4.69) is 267 Å². The monoisotopic (exact) mass is 984 g/mol. The van der Waals surface area contributed by atoms with Crippen molar-refractivity contribution in [2.45, 2.75) is 86.0 Å². The van der Waals surface area contributed by atoms with Crippen LogP contribution < -0.4 is 64.7 Å². The fourth-order valence-electron chi connectivity index (χ4n) is 12.1.